The van der Waals surface area contributed by atoms with Gasteiger partial charge < -0.3 is 35.4 Å². The van der Waals surface area contributed by atoms with Crippen LogP contribution >= 0.6 is 0 Å². The Bertz CT molecular complexity index is 851. The maximum absolute atomic E-state index is 12.9. The average molecular weight is 479 g/mol. The Morgan fingerprint density at radius 1 is 1.12 bits per heavy atom. The zero-order chi connectivity index (χ0) is 24.8. The van der Waals surface area contributed by atoms with E-state index < -0.39 is 54.5 Å². The van der Waals surface area contributed by atoms with Crippen LogP contribution in [0.1, 0.15) is 44.6 Å². The van der Waals surface area contributed by atoms with Crippen molar-refractivity contribution in [3.05, 3.63) is 35.9 Å². The van der Waals surface area contributed by atoms with E-state index in [0.29, 0.717) is 32.2 Å². The molecule has 3 rings (SSSR count). The highest BCUT2D eigenvalue weighted by atomic mass is 16.5. The SMILES string of the molecule is C[C@@H]1O[C@@H](CCCC(=O)N2CCC[C@H]2C(=O)N[C@@H](Cc2ccccc2)C(=O)O)[C@@H](O)[C@H](O)[C@@H]1O. The monoisotopic (exact) mass is 478 g/mol. The van der Waals surface area contributed by atoms with Crippen molar-refractivity contribution in [3.8, 4) is 0 Å². The molecule has 7 atom stereocenters. The molecule has 1 aromatic carbocycles. The number of nitrogens with zero attached hydrogens (tertiary/aromatic N) is 1. The van der Waals surface area contributed by atoms with E-state index in [4.69, 9.17) is 4.74 Å². The fraction of sp³-hybridized carbons (Fsp3) is 0.625. The van der Waals surface area contributed by atoms with Crippen molar-refractivity contribution in [1.82, 2.24) is 10.2 Å². The number of likely N-dealkylation sites (tertiary alicyclic amines) is 1. The third-order valence-corrected chi connectivity index (χ3v) is 6.60. The Kier molecular flexibility index (Phi) is 9.01. The quantitative estimate of drug-likeness (QED) is 0.327. The van der Waals surface area contributed by atoms with Crippen LogP contribution in [0.15, 0.2) is 30.3 Å². The summed E-state index contributed by atoms with van der Waals surface area (Å²) in [6.45, 7) is 2.02. The number of carboxylic acids is 1. The van der Waals surface area contributed by atoms with Crippen LogP contribution in [0.5, 0.6) is 0 Å². The second-order valence-corrected chi connectivity index (χ2v) is 9.08. The van der Waals surface area contributed by atoms with E-state index in [9.17, 15) is 34.8 Å². The van der Waals surface area contributed by atoms with Gasteiger partial charge in [-0.15, -0.1) is 0 Å². The number of aliphatic carboxylic acids is 1. The number of hydrogen-bond acceptors (Lipinski definition) is 7. The van der Waals surface area contributed by atoms with Gasteiger partial charge in [0.25, 0.3) is 0 Å². The predicted octanol–water partition coefficient (Wildman–Crippen LogP) is -0.170. The summed E-state index contributed by atoms with van der Waals surface area (Å²) in [6.07, 6.45) is -3.02. The molecule has 0 radical (unpaired) electrons. The number of carboxylic acid groups (broad SMARTS) is 1. The van der Waals surface area contributed by atoms with Gasteiger partial charge in [-0.2, -0.15) is 0 Å². The van der Waals surface area contributed by atoms with E-state index in [-0.39, 0.29) is 18.7 Å². The van der Waals surface area contributed by atoms with Gasteiger partial charge in [0, 0.05) is 19.4 Å². The summed E-state index contributed by atoms with van der Waals surface area (Å²) in [5.74, 6) is -1.85. The van der Waals surface area contributed by atoms with Crippen LogP contribution in [-0.4, -0.2) is 92.3 Å². The number of aliphatic hydroxyl groups excluding tert-OH is 3. The average Bonchev–Trinajstić information content (AvgIpc) is 3.31. The molecular weight excluding hydrogens is 444 g/mol. The van der Waals surface area contributed by atoms with Gasteiger partial charge in [-0.05, 0) is 38.2 Å². The fourth-order valence-electron chi connectivity index (χ4n) is 4.63. The minimum Gasteiger partial charge on any atom is -0.480 e. The first-order valence-electron chi connectivity index (χ1n) is 11.7. The second kappa shape index (κ2) is 11.7. The number of benzene rings is 1. The van der Waals surface area contributed by atoms with Crippen molar-refractivity contribution in [2.24, 2.45) is 0 Å². The van der Waals surface area contributed by atoms with Crippen LogP contribution in [0.3, 0.4) is 0 Å². The highest BCUT2D eigenvalue weighted by Gasteiger charge is 2.41. The van der Waals surface area contributed by atoms with E-state index in [1.165, 1.54) is 4.90 Å². The molecule has 0 aromatic heterocycles. The number of carbonyl (C=O) groups is 3. The topological polar surface area (TPSA) is 157 Å². The first kappa shape index (κ1) is 26.1. The molecule has 2 amide bonds. The van der Waals surface area contributed by atoms with Gasteiger partial charge in [-0.25, -0.2) is 4.79 Å². The largest absolute Gasteiger partial charge is 0.480 e. The van der Waals surface area contributed by atoms with Crippen molar-refractivity contribution in [3.63, 3.8) is 0 Å². The summed E-state index contributed by atoms with van der Waals surface area (Å²) >= 11 is 0. The lowest BCUT2D eigenvalue weighted by Gasteiger charge is -2.39. The molecule has 0 aliphatic carbocycles. The van der Waals surface area contributed by atoms with E-state index in [1.807, 2.05) is 6.07 Å². The van der Waals surface area contributed by atoms with Crippen LogP contribution in [0.4, 0.5) is 0 Å². The maximum atomic E-state index is 12.9. The number of hydrogen-bond donors (Lipinski definition) is 5. The lowest BCUT2D eigenvalue weighted by molar-refractivity contribution is -0.218. The molecule has 2 saturated heterocycles. The molecule has 5 N–H and O–H groups in total. The number of aliphatic hydroxyl groups is 3. The first-order chi connectivity index (χ1) is 16.2. The Morgan fingerprint density at radius 2 is 1.82 bits per heavy atom. The molecular formula is C24H34N2O8. The smallest absolute Gasteiger partial charge is 0.326 e. The molecule has 2 aliphatic heterocycles. The Morgan fingerprint density at radius 3 is 2.50 bits per heavy atom. The van der Waals surface area contributed by atoms with Gasteiger partial charge >= 0.3 is 5.97 Å². The van der Waals surface area contributed by atoms with Crippen molar-refractivity contribution in [2.75, 3.05) is 6.54 Å². The Balaban J connectivity index is 1.52. The Labute approximate surface area is 198 Å². The highest BCUT2D eigenvalue weighted by molar-refractivity contribution is 5.91. The van der Waals surface area contributed by atoms with Crippen LogP contribution in [-0.2, 0) is 25.5 Å². The normalized spacial score (nSPS) is 30.1. The van der Waals surface area contributed by atoms with E-state index in [0.717, 1.165) is 5.56 Å². The summed E-state index contributed by atoms with van der Waals surface area (Å²) in [5.41, 5.74) is 0.786. The highest BCUT2D eigenvalue weighted by Crippen LogP contribution is 2.25. The number of ether oxygens (including phenoxy) is 1. The van der Waals surface area contributed by atoms with Crippen LogP contribution in [0, 0.1) is 0 Å². The van der Waals surface area contributed by atoms with Gasteiger partial charge in [0.15, 0.2) is 0 Å². The van der Waals surface area contributed by atoms with Gasteiger partial charge in [0.2, 0.25) is 11.8 Å². The van der Waals surface area contributed by atoms with Gasteiger partial charge in [-0.3, -0.25) is 9.59 Å². The molecule has 10 nitrogen and oxygen atoms in total. The van der Waals surface area contributed by atoms with E-state index in [2.05, 4.69) is 5.32 Å². The molecule has 34 heavy (non-hydrogen) atoms. The molecule has 10 heteroatoms. The summed E-state index contributed by atoms with van der Waals surface area (Å²) in [5, 5.41) is 42.0. The van der Waals surface area contributed by atoms with Crippen LogP contribution < -0.4 is 5.32 Å². The number of rotatable bonds is 9. The van der Waals surface area contributed by atoms with Crippen LogP contribution in [0.2, 0.25) is 0 Å². The van der Waals surface area contributed by atoms with Gasteiger partial charge in [0.05, 0.1) is 12.2 Å². The molecule has 0 unspecified atom stereocenters. The van der Waals surface area contributed by atoms with Gasteiger partial charge in [-0.1, -0.05) is 30.3 Å². The van der Waals surface area contributed by atoms with Gasteiger partial charge in [0.1, 0.15) is 30.4 Å². The first-order valence-corrected chi connectivity index (χ1v) is 11.7. The maximum Gasteiger partial charge on any atom is 0.326 e. The molecule has 188 valence electrons. The van der Waals surface area contributed by atoms with E-state index >= 15 is 0 Å². The number of nitrogens with one attached hydrogen (secondary N) is 1. The fourth-order valence-corrected chi connectivity index (χ4v) is 4.63. The lowest BCUT2D eigenvalue weighted by atomic mass is 9.93. The zero-order valence-electron chi connectivity index (χ0n) is 19.2. The predicted molar refractivity (Wildman–Crippen MR) is 121 cm³/mol. The number of amides is 2. The van der Waals surface area contributed by atoms with E-state index in [1.54, 1.807) is 31.2 Å². The molecule has 0 spiro atoms. The summed E-state index contributed by atoms with van der Waals surface area (Å²) in [4.78, 5) is 38.8. The minimum atomic E-state index is -1.31. The van der Waals surface area contributed by atoms with Crippen molar-refractivity contribution >= 4 is 17.8 Å². The Hall–Kier alpha value is -2.53. The van der Waals surface area contributed by atoms with Crippen LogP contribution in [0.25, 0.3) is 0 Å². The molecule has 2 aliphatic rings. The number of carbonyl (C=O) groups excluding carboxylic acids is 2. The van der Waals surface area contributed by atoms with Crippen molar-refractivity contribution < 1.29 is 39.5 Å². The third-order valence-electron chi connectivity index (χ3n) is 6.60. The molecule has 2 fully saturated rings. The third kappa shape index (κ3) is 6.32. The molecule has 0 bridgehead atoms. The zero-order valence-corrected chi connectivity index (χ0v) is 19.2. The lowest BCUT2D eigenvalue weighted by Crippen LogP contribution is -2.56. The second-order valence-electron chi connectivity index (χ2n) is 9.08. The molecule has 1 aromatic rings. The van der Waals surface area contributed by atoms with Crippen molar-refractivity contribution in [2.45, 2.75) is 88.1 Å². The molecule has 2 heterocycles. The summed E-state index contributed by atoms with van der Waals surface area (Å²) < 4.78 is 5.56. The summed E-state index contributed by atoms with van der Waals surface area (Å²) in [7, 11) is 0. The van der Waals surface area contributed by atoms with Crippen molar-refractivity contribution in [1.29, 1.82) is 0 Å². The summed E-state index contributed by atoms with van der Waals surface area (Å²) in [6, 6.07) is 7.19. The minimum absolute atomic E-state index is 0.121. The standard InChI is InChI=1S/C24H34N2O8/c1-14-20(28)22(30)21(29)18(34-14)10-5-11-19(27)26-12-6-9-17(26)23(31)25-16(24(32)33)13-15-7-3-2-4-8-15/h2-4,7-8,14,16-18,20-22,28-30H,5-6,9-13H2,1H3,(H,25,31)(H,32,33)/t14-,16-,17-,18-,20+,21+,22+/m0/s1. The molecule has 0 saturated carbocycles.